The molecule has 3 nitrogen and oxygen atoms in total. The van der Waals surface area contributed by atoms with Gasteiger partial charge in [0.15, 0.2) is 0 Å². The molecular weight excluding hydrogens is 192 g/mol. The van der Waals surface area contributed by atoms with Crippen LogP contribution in [0, 0.1) is 0 Å². The average Bonchev–Trinajstić information content (AvgIpc) is 2.28. The minimum atomic E-state index is -0.351. The molecule has 1 aromatic rings. The first-order chi connectivity index (χ1) is 7.33. The molecule has 0 unspecified atom stereocenters. The van der Waals surface area contributed by atoms with Gasteiger partial charge in [0.2, 0.25) is 0 Å². The third-order valence-electron chi connectivity index (χ3n) is 1.74. The molecule has 0 aromatic heterocycles. The lowest BCUT2D eigenvalue weighted by Crippen LogP contribution is -2.06. The molecule has 80 valence electrons. The van der Waals surface area contributed by atoms with E-state index in [9.17, 15) is 4.79 Å². The third kappa shape index (κ3) is 4.98. The van der Waals surface area contributed by atoms with Crippen LogP contribution in [0.25, 0.3) is 6.08 Å². The topological polar surface area (TPSA) is 35.5 Å². The maximum absolute atomic E-state index is 11.1. The lowest BCUT2D eigenvalue weighted by molar-refractivity contribution is -0.138. The lowest BCUT2D eigenvalue weighted by atomic mass is 10.2. The van der Waals surface area contributed by atoms with Crippen molar-refractivity contribution in [2.75, 3.05) is 20.3 Å². The zero-order valence-corrected chi connectivity index (χ0v) is 8.68. The Morgan fingerprint density at radius 2 is 2.00 bits per heavy atom. The van der Waals surface area contributed by atoms with E-state index in [4.69, 9.17) is 9.47 Å². The van der Waals surface area contributed by atoms with Crippen molar-refractivity contribution in [3.05, 3.63) is 42.0 Å². The number of hydrogen-bond donors (Lipinski definition) is 0. The molecular formula is C12H14O3. The van der Waals surface area contributed by atoms with Crippen LogP contribution in [0.2, 0.25) is 0 Å². The van der Waals surface area contributed by atoms with Crippen LogP contribution in [-0.4, -0.2) is 26.3 Å². The van der Waals surface area contributed by atoms with E-state index in [1.165, 1.54) is 6.08 Å². The van der Waals surface area contributed by atoms with Crippen molar-refractivity contribution in [1.29, 1.82) is 0 Å². The van der Waals surface area contributed by atoms with Crippen molar-refractivity contribution in [2.24, 2.45) is 0 Å². The summed E-state index contributed by atoms with van der Waals surface area (Å²) >= 11 is 0. The molecule has 1 aromatic carbocycles. The van der Waals surface area contributed by atoms with Crippen LogP contribution in [0.1, 0.15) is 5.56 Å². The molecule has 0 saturated heterocycles. The summed E-state index contributed by atoms with van der Waals surface area (Å²) in [5.74, 6) is -0.351. The fourth-order valence-corrected chi connectivity index (χ4v) is 1.00. The smallest absolute Gasteiger partial charge is 0.330 e. The van der Waals surface area contributed by atoms with Crippen LogP contribution in [0.15, 0.2) is 36.4 Å². The number of carbonyl (C=O) groups excluding carboxylic acids is 1. The van der Waals surface area contributed by atoms with Crippen molar-refractivity contribution in [3.8, 4) is 0 Å². The standard InChI is InChI=1S/C12H14O3/c1-14-9-10-15-12(13)8-7-11-5-3-2-4-6-11/h2-8H,9-10H2,1H3/b8-7+. The van der Waals surface area contributed by atoms with Gasteiger partial charge in [0.05, 0.1) is 6.61 Å². The quantitative estimate of drug-likeness (QED) is 0.419. The summed E-state index contributed by atoms with van der Waals surface area (Å²) in [6.45, 7) is 0.708. The number of carbonyl (C=O) groups is 1. The number of rotatable bonds is 5. The Kier molecular flexibility index (Phi) is 5.19. The zero-order chi connectivity index (χ0) is 10.9. The Balaban J connectivity index is 2.34. The highest BCUT2D eigenvalue weighted by atomic mass is 16.6. The summed E-state index contributed by atoms with van der Waals surface area (Å²) in [5, 5.41) is 0. The number of ether oxygens (including phenoxy) is 2. The summed E-state index contributed by atoms with van der Waals surface area (Å²) in [7, 11) is 1.56. The highest BCUT2D eigenvalue weighted by Crippen LogP contribution is 2.00. The van der Waals surface area contributed by atoms with Crippen molar-refractivity contribution >= 4 is 12.0 Å². The molecule has 3 heteroatoms. The van der Waals surface area contributed by atoms with E-state index >= 15 is 0 Å². The molecule has 1 rings (SSSR count). The molecule has 0 aliphatic rings. The SMILES string of the molecule is COCCOC(=O)/C=C/c1ccccc1. The van der Waals surface area contributed by atoms with Gasteiger partial charge < -0.3 is 9.47 Å². The van der Waals surface area contributed by atoms with E-state index in [-0.39, 0.29) is 12.6 Å². The largest absolute Gasteiger partial charge is 0.460 e. The Morgan fingerprint density at radius 3 is 2.67 bits per heavy atom. The fourth-order valence-electron chi connectivity index (χ4n) is 1.00. The molecule has 0 saturated carbocycles. The molecule has 0 aliphatic carbocycles. The van der Waals surface area contributed by atoms with Crippen LogP contribution in [0.5, 0.6) is 0 Å². The lowest BCUT2D eigenvalue weighted by Gasteiger charge is -1.99. The molecule has 0 heterocycles. The van der Waals surface area contributed by atoms with Crippen LogP contribution >= 0.6 is 0 Å². The van der Waals surface area contributed by atoms with Crippen LogP contribution in [0.4, 0.5) is 0 Å². The molecule has 0 fully saturated rings. The monoisotopic (exact) mass is 206 g/mol. The van der Waals surface area contributed by atoms with E-state index in [0.717, 1.165) is 5.56 Å². The summed E-state index contributed by atoms with van der Waals surface area (Å²) in [4.78, 5) is 11.1. The second-order valence-corrected chi connectivity index (χ2v) is 2.90. The second-order valence-electron chi connectivity index (χ2n) is 2.90. The summed E-state index contributed by atoms with van der Waals surface area (Å²) in [5.41, 5.74) is 0.973. The molecule has 0 aliphatic heterocycles. The molecule has 0 N–H and O–H groups in total. The van der Waals surface area contributed by atoms with Gasteiger partial charge in [-0.1, -0.05) is 30.3 Å². The van der Waals surface area contributed by atoms with Gasteiger partial charge in [-0.25, -0.2) is 4.79 Å². The van der Waals surface area contributed by atoms with Gasteiger partial charge in [0.1, 0.15) is 6.61 Å². The van der Waals surface area contributed by atoms with Gasteiger partial charge in [-0.05, 0) is 11.6 Å². The summed E-state index contributed by atoms with van der Waals surface area (Å²) in [6, 6.07) is 9.58. The maximum atomic E-state index is 11.1. The van der Waals surface area contributed by atoms with Gasteiger partial charge in [-0.3, -0.25) is 0 Å². The Labute approximate surface area is 89.3 Å². The number of methoxy groups -OCH3 is 1. The van der Waals surface area contributed by atoms with Crippen molar-refractivity contribution in [3.63, 3.8) is 0 Å². The highest BCUT2D eigenvalue weighted by molar-refractivity contribution is 5.86. The van der Waals surface area contributed by atoms with E-state index in [1.54, 1.807) is 13.2 Å². The first-order valence-corrected chi connectivity index (χ1v) is 4.72. The molecule has 0 bridgehead atoms. The van der Waals surface area contributed by atoms with Crippen molar-refractivity contribution in [2.45, 2.75) is 0 Å². The first kappa shape index (κ1) is 11.5. The van der Waals surface area contributed by atoms with E-state index in [2.05, 4.69) is 0 Å². The van der Waals surface area contributed by atoms with E-state index in [1.807, 2.05) is 30.3 Å². The predicted molar refractivity (Wildman–Crippen MR) is 58.3 cm³/mol. The third-order valence-corrected chi connectivity index (χ3v) is 1.74. The minimum Gasteiger partial charge on any atom is -0.460 e. The van der Waals surface area contributed by atoms with Crippen LogP contribution < -0.4 is 0 Å². The Morgan fingerprint density at radius 1 is 1.27 bits per heavy atom. The normalized spacial score (nSPS) is 10.5. The van der Waals surface area contributed by atoms with Gasteiger partial charge in [0.25, 0.3) is 0 Å². The number of benzene rings is 1. The summed E-state index contributed by atoms with van der Waals surface area (Å²) < 4.78 is 9.61. The van der Waals surface area contributed by atoms with Crippen LogP contribution in [0.3, 0.4) is 0 Å². The first-order valence-electron chi connectivity index (χ1n) is 4.72. The number of hydrogen-bond acceptors (Lipinski definition) is 3. The fraction of sp³-hybridized carbons (Fsp3) is 0.250. The Bertz CT molecular complexity index is 317. The predicted octanol–water partition coefficient (Wildman–Crippen LogP) is 1.89. The molecule has 0 amide bonds. The number of esters is 1. The van der Waals surface area contributed by atoms with Gasteiger partial charge in [-0.15, -0.1) is 0 Å². The van der Waals surface area contributed by atoms with E-state index in [0.29, 0.717) is 6.61 Å². The highest BCUT2D eigenvalue weighted by Gasteiger charge is 1.95. The molecule has 0 radical (unpaired) electrons. The Hall–Kier alpha value is -1.61. The second kappa shape index (κ2) is 6.79. The van der Waals surface area contributed by atoms with Gasteiger partial charge >= 0.3 is 5.97 Å². The van der Waals surface area contributed by atoms with Gasteiger partial charge in [0, 0.05) is 13.2 Å². The molecule has 0 atom stereocenters. The summed E-state index contributed by atoms with van der Waals surface area (Å²) in [6.07, 6.45) is 3.13. The average molecular weight is 206 g/mol. The van der Waals surface area contributed by atoms with Crippen molar-refractivity contribution < 1.29 is 14.3 Å². The molecule has 15 heavy (non-hydrogen) atoms. The zero-order valence-electron chi connectivity index (χ0n) is 8.68. The van der Waals surface area contributed by atoms with Gasteiger partial charge in [-0.2, -0.15) is 0 Å². The maximum Gasteiger partial charge on any atom is 0.330 e. The van der Waals surface area contributed by atoms with Crippen LogP contribution in [-0.2, 0) is 14.3 Å². The van der Waals surface area contributed by atoms with E-state index < -0.39 is 0 Å². The minimum absolute atomic E-state index is 0.286. The molecule has 0 spiro atoms. The van der Waals surface area contributed by atoms with Crippen molar-refractivity contribution in [1.82, 2.24) is 0 Å².